The maximum atomic E-state index is 0. The Morgan fingerprint density at radius 1 is 0.600 bits per heavy atom. The smallest absolute Gasteiger partial charge is 2.00 e. The first-order valence-corrected chi connectivity index (χ1v) is 0. The summed E-state index contributed by atoms with van der Waals surface area (Å²) in [6.45, 7) is 0. The molecule has 0 amide bonds. The van der Waals surface area contributed by atoms with Gasteiger partial charge in [0.25, 0.3) is 0 Å². The monoisotopic (exact) mass is 252 g/mol. The van der Waals surface area contributed by atoms with Crippen molar-refractivity contribution in [1.29, 1.82) is 0 Å². The average Bonchev–Trinajstić information content (AvgIpc) is 0. The molecule has 0 aliphatic carbocycles. The Kier molecular flexibility index (Phi) is 386. The van der Waals surface area contributed by atoms with E-state index in [4.69, 9.17) is 0 Å². The molecule has 5 heavy (non-hydrogen) atoms. The third kappa shape index (κ3) is 22.4. The van der Waals surface area contributed by atoms with Crippen molar-refractivity contribution in [3.8, 4) is 0 Å². The molecular weight excluding hydrogens is 251 g/mol. The van der Waals surface area contributed by atoms with E-state index >= 15 is 0 Å². The fourth-order valence-electron chi connectivity index (χ4n) is 0. The predicted molar refractivity (Wildman–Crippen MR) is 22.1 cm³/mol. The molecule has 0 unspecified atom stereocenters. The molecule has 0 spiro atoms. The van der Waals surface area contributed by atoms with E-state index in [9.17, 15) is 0 Å². The molecule has 0 aliphatic heterocycles. The van der Waals surface area contributed by atoms with Crippen LogP contribution in [0.15, 0.2) is 0 Å². The molecule has 0 radical (unpaired) electrons. The van der Waals surface area contributed by atoms with Crippen molar-refractivity contribution in [2.45, 2.75) is 0 Å². The third-order valence-corrected chi connectivity index (χ3v) is 0. The van der Waals surface area contributed by atoms with Gasteiger partial charge in [-0.2, -0.15) is 0 Å². The van der Waals surface area contributed by atoms with Crippen molar-refractivity contribution >= 4 is 40.5 Å². The first-order chi connectivity index (χ1) is 0. The molecule has 0 aromatic heterocycles. The molecule has 0 fully saturated rings. The van der Waals surface area contributed by atoms with Gasteiger partial charge in [-0.25, -0.2) is 0 Å². The molecule has 0 aromatic carbocycles. The van der Waals surface area contributed by atoms with Crippen LogP contribution in [0.5, 0.6) is 0 Å². The standard InChI is InChI=1S/Mo.Ni.3S/q+6;;3*-2. The van der Waals surface area contributed by atoms with Crippen molar-refractivity contribution in [1.82, 2.24) is 0 Å². The van der Waals surface area contributed by atoms with Crippen molar-refractivity contribution in [2.75, 3.05) is 0 Å². The van der Waals surface area contributed by atoms with Gasteiger partial charge >= 0.3 is 21.1 Å². The van der Waals surface area contributed by atoms with E-state index in [2.05, 4.69) is 0 Å². The average molecular weight is 251 g/mol. The normalized spacial score (nSPS) is 0. The largest absolute Gasteiger partial charge is 6.00 e. The van der Waals surface area contributed by atoms with Crippen LogP contribution >= 0.6 is 0 Å². The van der Waals surface area contributed by atoms with Gasteiger partial charge in [-0.3, -0.25) is 0 Å². The topological polar surface area (TPSA) is 0 Å². The molecule has 0 saturated carbocycles. The third-order valence-electron chi connectivity index (χ3n) is 0. The van der Waals surface area contributed by atoms with Crippen LogP contribution in [0.2, 0.25) is 0 Å². The van der Waals surface area contributed by atoms with Crippen LogP contribution in [0.1, 0.15) is 0 Å². The zero-order valence-electron chi connectivity index (χ0n) is 1.95. The van der Waals surface area contributed by atoms with Crippen LogP contribution in [0, 0.1) is 0 Å². The van der Waals surface area contributed by atoms with E-state index in [-0.39, 0.29) is 78.0 Å². The van der Waals surface area contributed by atoms with Crippen LogP contribution in [0.3, 0.4) is 0 Å². The van der Waals surface area contributed by atoms with Gasteiger partial charge in [0.05, 0.1) is 0 Å². The summed E-state index contributed by atoms with van der Waals surface area (Å²) in [7, 11) is 0. The van der Waals surface area contributed by atoms with E-state index in [0.29, 0.717) is 0 Å². The Hall–Kier alpha value is 2.23. The van der Waals surface area contributed by atoms with Gasteiger partial charge in [0.1, 0.15) is 0 Å². The second-order valence-electron chi connectivity index (χ2n) is 0. The summed E-state index contributed by atoms with van der Waals surface area (Å²) in [5, 5.41) is 0. The molecular formula is MoNiS3. The summed E-state index contributed by atoms with van der Waals surface area (Å²) in [5.41, 5.74) is 0. The van der Waals surface area contributed by atoms with Crippen LogP contribution < -0.4 is 0 Å². The van der Waals surface area contributed by atoms with Crippen molar-refractivity contribution in [3.63, 3.8) is 0 Å². The van der Waals surface area contributed by atoms with Crippen LogP contribution in [-0.2, 0) is 78.0 Å². The summed E-state index contributed by atoms with van der Waals surface area (Å²) < 4.78 is 0. The minimum atomic E-state index is 0. The zero-order valence-corrected chi connectivity index (χ0v) is 7.39. The quantitative estimate of drug-likeness (QED) is 0.531. The van der Waals surface area contributed by atoms with Gasteiger partial charge in [0, 0.05) is 16.5 Å². The van der Waals surface area contributed by atoms with Crippen molar-refractivity contribution < 1.29 is 37.6 Å². The number of rotatable bonds is 0. The summed E-state index contributed by atoms with van der Waals surface area (Å²) in [4.78, 5) is 0. The fraction of sp³-hybridized carbons (Fsp3) is 0. The van der Waals surface area contributed by atoms with Crippen molar-refractivity contribution in [3.05, 3.63) is 0 Å². The number of hydrogen-bond donors (Lipinski definition) is 0. The van der Waals surface area contributed by atoms with E-state index in [1.54, 1.807) is 0 Å². The molecule has 0 aromatic rings. The van der Waals surface area contributed by atoms with Gasteiger partial charge in [-0.05, 0) is 0 Å². The summed E-state index contributed by atoms with van der Waals surface area (Å²) in [6, 6.07) is 0. The van der Waals surface area contributed by atoms with Gasteiger partial charge in [-0.15, -0.1) is 0 Å². The maximum absolute atomic E-state index is 0. The van der Waals surface area contributed by atoms with Crippen LogP contribution in [0.25, 0.3) is 0 Å². The molecule has 0 rings (SSSR count). The molecule has 0 nitrogen and oxygen atoms in total. The molecule has 34 valence electrons. The van der Waals surface area contributed by atoms with Gasteiger partial charge in [0.2, 0.25) is 0 Å². The Morgan fingerprint density at radius 3 is 0.600 bits per heavy atom. The molecule has 0 atom stereocenters. The minimum Gasteiger partial charge on any atom is -2.00 e. The van der Waals surface area contributed by atoms with E-state index in [1.807, 2.05) is 0 Å². The van der Waals surface area contributed by atoms with Gasteiger partial charge in [0.15, 0.2) is 0 Å². The zero-order chi connectivity index (χ0) is 0. The Bertz CT molecular complexity index is 6.85. The first-order valence-electron chi connectivity index (χ1n) is 0. The summed E-state index contributed by atoms with van der Waals surface area (Å²) in [5.74, 6) is 0. The molecule has 0 heterocycles. The molecule has 0 aliphatic rings. The molecule has 0 saturated heterocycles. The number of hydrogen-bond acceptors (Lipinski definition) is 0. The molecule has 0 N–H and O–H groups in total. The van der Waals surface area contributed by atoms with Crippen molar-refractivity contribution in [2.24, 2.45) is 0 Å². The van der Waals surface area contributed by atoms with E-state index in [0.717, 1.165) is 0 Å². The second-order valence-corrected chi connectivity index (χ2v) is 0. The Labute approximate surface area is 77.4 Å². The summed E-state index contributed by atoms with van der Waals surface area (Å²) >= 11 is 0. The van der Waals surface area contributed by atoms with Gasteiger partial charge in [-0.1, -0.05) is 0 Å². The van der Waals surface area contributed by atoms with Gasteiger partial charge < -0.3 is 40.5 Å². The van der Waals surface area contributed by atoms with Crippen LogP contribution in [0.4, 0.5) is 0 Å². The molecule has 5 heteroatoms. The second kappa shape index (κ2) is 34.2. The fourth-order valence-corrected chi connectivity index (χ4v) is 0. The predicted octanol–water partition coefficient (Wildman–Crippen LogP) is -0.0122. The maximum Gasteiger partial charge on any atom is 6.00 e. The Balaban J connectivity index is 0. The van der Waals surface area contributed by atoms with E-state index in [1.165, 1.54) is 0 Å². The van der Waals surface area contributed by atoms with Crippen LogP contribution in [-0.4, -0.2) is 0 Å². The SMILES string of the molecule is [Mo+6].[Ni].[S-2].[S-2].[S-2]. The minimum absolute atomic E-state index is 0. The Morgan fingerprint density at radius 2 is 0.600 bits per heavy atom. The first kappa shape index (κ1) is 56.4. The summed E-state index contributed by atoms with van der Waals surface area (Å²) in [6.07, 6.45) is 0. The van der Waals surface area contributed by atoms with E-state index < -0.39 is 0 Å². The molecule has 0 bridgehead atoms.